The molecule has 7 atom stereocenters. The van der Waals surface area contributed by atoms with Crippen LogP contribution in [0, 0.1) is 28.1 Å². The lowest BCUT2D eigenvalue weighted by Crippen LogP contribution is -2.49. The van der Waals surface area contributed by atoms with E-state index in [1.165, 1.54) is 41.7 Å². The number of rotatable bonds is 48. The molecule has 3 fully saturated rings. The number of ketones is 3. The Balaban J connectivity index is 0.577. The third-order valence-electron chi connectivity index (χ3n) is 22.4. The van der Waals surface area contributed by atoms with E-state index in [0.29, 0.717) is 147 Å². The summed E-state index contributed by atoms with van der Waals surface area (Å²) in [6.07, 6.45) is 6.25. The lowest BCUT2D eigenvalue weighted by molar-refractivity contribution is -0.134. The van der Waals surface area contributed by atoms with Crippen LogP contribution in [0.2, 0.25) is 0 Å². The number of anilines is 2. The van der Waals surface area contributed by atoms with Crippen LogP contribution in [0.15, 0.2) is 102 Å². The molecule has 3 aliphatic carbocycles. The van der Waals surface area contributed by atoms with E-state index in [0.717, 1.165) is 16.5 Å². The number of phosphoric acid groups is 1. The first-order valence-corrected chi connectivity index (χ1v) is 42.8. The number of amides is 7. The summed E-state index contributed by atoms with van der Waals surface area (Å²) in [5.74, 6) is -2.25. The second-order valence-corrected chi connectivity index (χ2v) is 32.9. The Morgan fingerprint density at radius 1 is 0.647 bits per heavy atom. The van der Waals surface area contributed by atoms with E-state index in [1.807, 2.05) is 50.4 Å². The van der Waals surface area contributed by atoms with E-state index in [1.54, 1.807) is 70.7 Å². The van der Waals surface area contributed by atoms with Gasteiger partial charge >= 0.3 is 26.0 Å². The molecule has 7 amide bonds. The second kappa shape index (κ2) is 40.3. The summed E-state index contributed by atoms with van der Waals surface area (Å²) in [6, 6.07) is 22.9. The number of fused-ring (bicyclic) bond motifs is 6. The van der Waals surface area contributed by atoms with Crippen molar-refractivity contribution < 1.29 is 99.9 Å². The molecule has 5 aromatic carbocycles. The number of carbonyl (C=O) groups excluding carboxylic acids is 9. The molecule has 30 nitrogen and oxygen atoms in total. The van der Waals surface area contributed by atoms with Gasteiger partial charge in [0.25, 0.3) is 0 Å². The number of urea groups is 1. The zero-order valence-corrected chi connectivity index (χ0v) is 69.1. The summed E-state index contributed by atoms with van der Waals surface area (Å²) in [5, 5.41) is 8.56. The minimum Gasteiger partial charge on any atom is -0.445 e. The molecule has 5 aliphatic rings. The van der Waals surface area contributed by atoms with Crippen LogP contribution in [0.3, 0.4) is 0 Å². The van der Waals surface area contributed by atoms with Crippen LogP contribution in [-0.4, -0.2) is 233 Å². The molecule has 626 valence electrons. The number of phosphoric ester groups is 1. The van der Waals surface area contributed by atoms with Crippen LogP contribution in [-0.2, 0) is 74.7 Å². The average molecular weight is 1680 g/mol. The van der Waals surface area contributed by atoms with Crippen molar-refractivity contribution in [2.45, 2.75) is 108 Å². The van der Waals surface area contributed by atoms with Gasteiger partial charge < -0.3 is 78.4 Å². The fourth-order valence-corrected chi connectivity index (χ4v) is 17.4. The van der Waals surface area contributed by atoms with Crippen LogP contribution >= 0.6 is 42.8 Å². The SMILES string of the molecule is CSc1ncc(C(=O)CCCOCCOCCOCCOCCOCCOCCC(=O)C[C@H](C(=O)N[C@@H](CCCNC(N)=O)C(=O)Cc2ccc(COC(=O)N(C)CCN(C)C(=O)Oc3cc4c(c5ccccc35)[C@H](CCl)CN4C(=O)C34CC5(C(=O)N6C[C@@H](CCl)c7c6cc(OP(=O)(O)O)c6ccccc76)CC35C4)cc2)C(C)C)cn1. The summed E-state index contributed by atoms with van der Waals surface area (Å²) < 4.78 is 62.5. The van der Waals surface area contributed by atoms with Gasteiger partial charge in [0.1, 0.15) is 23.9 Å². The first-order chi connectivity index (χ1) is 55.8. The number of alkyl halides is 2. The Kier molecular flexibility index (Phi) is 30.7. The van der Waals surface area contributed by atoms with E-state index in [2.05, 4.69) is 20.6 Å². The molecule has 2 aliphatic heterocycles. The third-order valence-corrected chi connectivity index (χ3v) is 24.1. The maximum absolute atomic E-state index is 15.2. The molecule has 1 spiro atoms. The molecule has 116 heavy (non-hydrogen) atoms. The second-order valence-electron chi connectivity index (χ2n) is 30.3. The van der Waals surface area contributed by atoms with Crippen molar-refractivity contribution in [3.8, 4) is 11.5 Å². The van der Waals surface area contributed by atoms with E-state index >= 15 is 4.79 Å². The van der Waals surface area contributed by atoms with Crippen LogP contribution in [0.5, 0.6) is 11.5 Å². The molecule has 0 bridgehead atoms. The summed E-state index contributed by atoms with van der Waals surface area (Å²) in [7, 11) is -1.93. The summed E-state index contributed by atoms with van der Waals surface area (Å²) in [4.78, 5) is 156. The van der Waals surface area contributed by atoms with Crippen molar-refractivity contribution in [1.82, 2.24) is 30.4 Å². The van der Waals surface area contributed by atoms with Gasteiger partial charge in [-0.2, -0.15) is 0 Å². The van der Waals surface area contributed by atoms with E-state index < -0.39 is 60.2 Å². The van der Waals surface area contributed by atoms with Crippen molar-refractivity contribution in [1.29, 1.82) is 0 Å². The molecular formula is C82H102Cl2N9O21PS. The summed E-state index contributed by atoms with van der Waals surface area (Å²) in [6.45, 7) is 8.50. The van der Waals surface area contributed by atoms with Gasteiger partial charge in [-0.3, -0.25) is 38.6 Å². The highest BCUT2D eigenvalue weighted by atomic mass is 35.5. The summed E-state index contributed by atoms with van der Waals surface area (Å²) in [5.41, 5.74) is 7.48. The monoisotopic (exact) mass is 1680 g/mol. The molecule has 34 heteroatoms. The number of primary amides is 1. The number of hydrogen-bond acceptors (Lipinski definition) is 22. The van der Waals surface area contributed by atoms with Gasteiger partial charge in [-0.25, -0.2) is 28.9 Å². The van der Waals surface area contributed by atoms with Crippen molar-refractivity contribution in [2.24, 2.45) is 33.8 Å². The molecule has 6 aromatic rings. The lowest BCUT2D eigenvalue weighted by atomic mass is 9.72. The van der Waals surface area contributed by atoms with E-state index in [-0.39, 0.29) is 155 Å². The Labute approximate surface area is 687 Å². The fraction of sp³-hybridized carbons (Fsp3) is 0.524. The molecule has 11 rings (SSSR count). The van der Waals surface area contributed by atoms with Crippen LogP contribution in [0.4, 0.5) is 25.8 Å². The number of nitrogens with two attached hydrogens (primary N) is 1. The highest BCUT2D eigenvalue weighted by Gasteiger charge is 3.01. The van der Waals surface area contributed by atoms with Crippen LogP contribution < -0.4 is 35.4 Å². The van der Waals surface area contributed by atoms with Crippen molar-refractivity contribution >= 4 is 129 Å². The largest absolute Gasteiger partial charge is 0.524 e. The molecule has 3 saturated carbocycles. The number of nitrogens with one attached hydrogen (secondary N) is 2. The average Bonchev–Trinajstić information content (AvgIpc) is 1.39. The van der Waals surface area contributed by atoms with Crippen molar-refractivity contribution in [3.63, 3.8) is 0 Å². The van der Waals surface area contributed by atoms with Gasteiger partial charge in [-0.15, -0.1) is 23.2 Å². The van der Waals surface area contributed by atoms with E-state index in [4.69, 9.17) is 71.4 Å². The minimum atomic E-state index is -4.99. The first kappa shape index (κ1) is 88.4. The van der Waals surface area contributed by atoms with Gasteiger partial charge in [0.05, 0.1) is 106 Å². The lowest BCUT2D eigenvalue weighted by Gasteiger charge is -2.37. The Morgan fingerprint density at radius 3 is 1.64 bits per heavy atom. The smallest absolute Gasteiger partial charge is 0.445 e. The number of thioether (sulfide) groups is 1. The predicted octanol–water partition coefficient (Wildman–Crippen LogP) is 10.3. The van der Waals surface area contributed by atoms with Gasteiger partial charge in [-0.05, 0) is 83.7 Å². The zero-order chi connectivity index (χ0) is 82.9. The maximum atomic E-state index is 15.2. The first-order valence-electron chi connectivity index (χ1n) is 39.0. The Bertz CT molecular complexity index is 4590. The zero-order valence-electron chi connectivity index (χ0n) is 65.9. The molecule has 0 radical (unpaired) electrons. The fourth-order valence-electron chi connectivity index (χ4n) is 16.2. The topological polar surface area (TPSA) is 383 Å². The third kappa shape index (κ3) is 21.2. The molecule has 0 saturated heterocycles. The molecule has 3 unspecified atom stereocenters. The number of benzene rings is 5. The number of nitrogens with zero attached hydrogens (tertiary/aromatic N) is 6. The number of carbonyl (C=O) groups is 9. The maximum Gasteiger partial charge on any atom is 0.524 e. The number of halogens is 2. The van der Waals surface area contributed by atoms with Gasteiger partial charge in [0.15, 0.2) is 16.7 Å². The van der Waals surface area contributed by atoms with Crippen molar-refractivity contribution in [2.75, 3.05) is 154 Å². The number of ether oxygens (including phenoxy) is 8. The Morgan fingerprint density at radius 2 is 1.14 bits per heavy atom. The summed E-state index contributed by atoms with van der Waals surface area (Å²) >= 11 is 14.7. The van der Waals surface area contributed by atoms with Crippen LogP contribution in [0.25, 0.3) is 21.5 Å². The van der Waals surface area contributed by atoms with Gasteiger partial charge in [-0.1, -0.05) is 98.4 Å². The predicted molar refractivity (Wildman–Crippen MR) is 434 cm³/mol. The number of hydrogen-bond donors (Lipinski definition) is 5. The normalized spacial score (nSPS) is 19.3. The number of Topliss-reactive ketones (excluding diaryl/α,β-unsaturated/α-hetero) is 3. The molecule has 1 aromatic heterocycles. The van der Waals surface area contributed by atoms with Gasteiger partial charge in [0, 0.05) is 149 Å². The van der Waals surface area contributed by atoms with E-state index in [9.17, 15) is 52.7 Å². The number of likely N-dealkylation sites (N-methyl/N-ethyl adjacent to an activating group) is 2. The molecular weight excluding hydrogens is 1580 g/mol. The molecule has 6 N–H and O–H groups in total. The quantitative estimate of drug-likeness (QED) is 0.00592. The highest BCUT2D eigenvalue weighted by Crippen LogP contribution is 3.01. The van der Waals surface area contributed by atoms with Gasteiger partial charge in [0.2, 0.25) is 17.7 Å². The Hall–Kier alpha value is -8.43. The minimum absolute atomic E-state index is 0.0194. The van der Waals surface area contributed by atoms with Crippen LogP contribution in [0.1, 0.15) is 116 Å². The highest BCUT2D eigenvalue weighted by molar-refractivity contribution is 7.98. The molecule has 3 heterocycles. The number of aromatic nitrogens is 2. The standard InChI is InChI=1S/C82H102Cl2N9O21PS/c1-52(2)63(39-58(94)22-27-107-29-31-109-33-35-111-37-36-110-34-32-108-30-28-106-26-11-17-67(95)57-44-87-77(116-5)88-45-57)73(97)89-64(16-10-23-86-76(85)100)68(96)38-53-18-20-54(21-19-53)48-112-78(101)90(3)24-25-91(4)79(102)113-69-40-65-71(61-14-8-6-12-59(61)69)55(42-83)46-92(65)74(98)80-49-81(51-82(80,81)50-80)75(99)93-47-56(43-84)72-62-15-9-7-13-60(62)70(41-66(72)93)114-115(103,104)105/h6-9,12-15,18-21,40-41,44-45,52,55-56,63-64H,10-11,16-17,22-39,42-43,46-51H2,1-5H3,(H,89,97)(H3,85,86,100)(H2,103,104,105)/t55-,56-,63+,64+,80?,81?,82?/m1/s1. The van der Waals surface area contributed by atoms with Crippen molar-refractivity contribution in [3.05, 3.63) is 125 Å².